The van der Waals surface area contributed by atoms with Crippen LogP contribution >= 0.6 is 0 Å². The van der Waals surface area contributed by atoms with Crippen LogP contribution in [0, 0.1) is 5.41 Å². The lowest BCUT2D eigenvalue weighted by atomic mass is 10.1. The predicted octanol–water partition coefficient (Wildman–Crippen LogP) is 1.46. The zero-order valence-corrected chi connectivity index (χ0v) is 9.49. The standard InChI is InChI=1S/C12H18N2O2/c1-16-10-4-2-3-9(11(10)13)14-7-12(8-15)5-6-12/h2-4,14-15H,5-8,13H2,1H3. The Kier molecular flexibility index (Phi) is 2.92. The smallest absolute Gasteiger partial charge is 0.143 e. The largest absolute Gasteiger partial charge is 0.495 e. The molecule has 0 aromatic heterocycles. The van der Waals surface area contributed by atoms with Crippen molar-refractivity contribution in [2.24, 2.45) is 5.41 Å². The van der Waals surface area contributed by atoms with Gasteiger partial charge in [0.05, 0.1) is 25.1 Å². The molecule has 0 atom stereocenters. The van der Waals surface area contributed by atoms with Crippen LogP contribution in [0.25, 0.3) is 0 Å². The molecule has 88 valence electrons. The first-order chi connectivity index (χ1) is 7.71. The molecule has 1 aliphatic carbocycles. The molecule has 4 heteroatoms. The maximum atomic E-state index is 9.21. The van der Waals surface area contributed by atoms with Crippen molar-refractivity contribution in [3.63, 3.8) is 0 Å². The van der Waals surface area contributed by atoms with Crippen molar-refractivity contribution in [1.29, 1.82) is 0 Å². The van der Waals surface area contributed by atoms with Crippen LogP contribution in [-0.4, -0.2) is 25.4 Å². The maximum Gasteiger partial charge on any atom is 0.143 e. The number of ether oxygens (including phenoxy) is 1. The first kappa shape index (κ1) is 11.1. The molecular formula is C12H18N2O2. The van der Waals surface area contributed by atoms with Gasteiger partial charge in [-0.15, -0.1) is 0 Å². The summed E-state index contributed by atoms with van der Waals surface area (Å²) in [5.74, 6) is 0.679. The van der Waals surface area contributed by atoms with Gasteiger partial charge in [-0.25, -0.2) is 0 Å². The molecule has 0 unspecified atom stereocenters. The Bertz CT molecular complexity index is 375. The van der Waals surface area contributed by atoms with E-state index in [-0.39, 0.29) is 12.0 Å². The van der Waals surface area contributed by atoms with Crippen molar-refractivity contribution in [1.82, 2.24) is 0 Å². The van der Waals surface area contributed by atoms with E-state index in [1.165, 1.54) is 0 Å². The van der Waals surface area contributed by atoms with Gasteiger partial charge in [0.2, 0.25) is 0 Å². The van der Waals surface area contributed by atoms with E-state index in [2.05, 4.69) is 5.32 Å². The zero-order valence-electron chi connectivity index (χ0n) is 9.49. The Labute approximate surface area is 95.4 Å². The molecule has 2 rings (SSSR count). The van der Waals surface area contributed by atoms with Gasteiger partial charge in [-0.05, 0) is 25.0 Å². The summed E-state index contributed by atoms with van der Waals surface area (Å²) in [6.07, 6.45) is 2.17. The summed E-state index contributed by atoms with van der Waals surface area (Å²) in [6, 6.07) is 5.65. The number of para-hydroxylation sites is 1. The van der Waals surface area contributed by atoms with Gasteiger partial charge in [-0.3, -0.25) is 0 Å². The van der Waals surface area contributed by atoms with E-state index in [1.54, 1.807) is 7.11 Å². The van der Waals surface area contributed by atoms with E-state index in [9.17, 15) is 5.11 Å². The normalized spacial score (nSPS) is 16.9. The minimum atomic E-state index is 0.0789. The fourth-order valence-electron chi connectivity index (χ4n) is 1.73. The van der Waals surface area contributed by atoms with Gasteiger partial charge in [0.15, 0.2) is 0 Å². The van der Waals surface area contributed by atoms with Gasteiger partial charge in [-0.2, -0.15) is 0 Å². The Morgan fingerprint density at radius 1 is 1.50 bits per heavy atom. The number of anilines is 2. The maximum absolute atomic E-state index is 9.21. The number of aliphatic hydroxyl groups excluding tert-OH is 1. The first-order valence-electron chi connectivity index (χ1n) is 5.48. The summed E-state index contributed by atoms with van der Waals surface area (Å²) in [5, 5.41) is 12.5. The van der Waals surface area contributed by atoms with Gasteiger partial charge >= 0.3 is 0 Å². The molecule has 4 N–H and O–H groups in total. The summed E-state index contributed by atoms with van der Waals surface area (Å²) in [6.45, 7) is 1.00. The molecule has 1 aromatic carbocycles. The Morgan fingerprint density at radius 3 is 2.81 bits per heavy atom. The summed E-state index contributed by atoms with van der Waals surface area (Å²) in [7, 11) is 1.60. The van der Waals surface area contributed by atoms with Crippen molar-refractivity contribution in [2.45, 2.75) is 12.8 Å². The van der Waals surface area contributed by atoms with Crippen LogP contribution in [0.15, 0.2) is 18.2 Å². The van der Waals surface area contributed by atoms with Gasteiger partial charge < -0.3 is 20.9 Å². The van der Waals surface area contributed by atoms with Crippen molar-refractivity contribution in [2.75, 3.05) is 31.3 Å². The quantitative estimate of drug-likeness (QED) is 0.660. The number of nitrogen functional groups attached to an aromatic ring is 1. The number of benzene rings is 1. The summed E-state index contributed by atoms with van der Waals surface area (Å²) in [4.78, 5) is 0. The van der Waals surface area contributed by atoms with Crippen LogP contribution in [0.2, 0.25) is 0 Å². The highest BCUT2D eigenvalue weighted by Gasteiger charge is 2.41. The molecule has 16 heavy (non-hydrogen) atoms. The topological polar surface area (TPSA) is 67.5 Å². The van der Waals surface area contributed by atoms with Crippen LogP contribution in [0.4, 0.5) is 11.4 Å². The van der Waals surface area contributed by atoms with Crippen LogP contribution in [0.1, 0.15) is 12.8 Å². The number of hydrogen-bond acceptors (Lipinski definition) is 4. The Balaban J connectivity index is 2.04. The lowest BCUT2D eigenvalue weighted by molar-refractivity contribution is 0.220. The van der Waals surface area contributed by atoms with Gasteiger partial charge in [0, 0.05) is 12.0 Å². The molecule has 0 aliphatic heterocycles. The van der Waals surface area contributed by atoms with Crippen LogP contribution in [0.5, 0.6) is 5.75 Å². The minimum Gasteiger partial charge on any atom is -0.495 e. The lowest BCUT2D eigenvalue weighted by Crippen LogP contribution is -2.19. The van der Waals surface area contributed by atoms with E-state index < -0.39 is 0 Å². The number of methoxy groups -OCH3 is 1. The fourth-order valence-corrected chi connectivity index (χ4v) is 1.73. The van der Waals surface area contributed by atoms with Crippen molar-refractivity contribution >= 4 is 11.4 Å². The van der Waals surface area contributed by atoms with E-state index in [4.69, 9.17) is 10.5 Å². The third-order valence-electron chi connectivity index (χ3n) is 3.23. The molecule has 0 radical (unpaired) electrons. The van der Waals surface area contributed by atoms with Crippen molar-refractivity contribution < 1.29 is 9.84 Å². The highest BCUT2D eigenvalue weighted by Crippen LogP contribution is 2.45. The van der Waals surface area contributed by atoms with Gasteiger partial charge in [0.25, 0.3) is 0 Å². The molecule has 0 spiro atoms. The monoisotopic (exact) mass is 222 g/mol. The van der Waals surface area contributed by atoms with E-state index in [1.807, 2.05) is 18.2 Å². The Morgan fingerprint density at radius 2 is 2.25 bits per heavy atom. The summed E-state index contributed by atoms with van der Waals surface area (Å²) < 4.78 is 5.15. The highest BCUT2D eigenvalue weighted by molar-refractivity contribution is 5.72. The molecule has 0 saturated heterocycles. The number of nitrogens with one attached hydrogen (secondary N) is 1. The summed E-state index contributed by atoms with van der Waals surface area (Å²) in [5.41, 5.74) is 7.51. The van der Waals surface area contributed by atoms with Crippen LogP contribution in [0.3, 0.4) is 0 Å². The minimum absolute atomic E-state index is 0.0789. The molecule has 1 aromatic rings. The molecule has 4 nitrogen and oxygen atoms in total. The van der Waals surface area contributed by atoms with Gasteiger partial charge in [0.1, 0.15) is 5.75 Å². The molecule has 1 saturated carbocycles. The molecule has 0 heterocycles. The third kappa shape index (κ3) is 2.07. The van der Waals surface area contributed by atoms with Gasteiger partial charge in [-0.1, -0.05) is 6.07 Å². The number of hydrogen-bond donors (Lipinski definition) is 3. The van der Waals surface area contributed by atoms with E-state index in [0.717, 1.165) is 25.1 Å². The number of nitrogens with two attached hydrogens (primary N) is 1. The SMILES string of the molecule is COc1cccc(NCC2(CO)CC2)c1N. The second-order valence-corrected chi connectivity index (χ2v) is 4.43. The molecule has 0 amide bonds. The lowest BCUT2D eigenvalue weighted by Gasteiger charge is -2.16. The van der Waals surface area contributed by atoms with Crippen molar-refractivity contribution in [3.8, 4) is 5.75 Å². The van der Waals surface area contributed by atoms with Crippen LogP contribution in [-0.2, 0) is 0 Å². The predicted molar refractivity (Wildman–Crippen MR) is 64.6 cm³/mol. The van der Waals surface area contributed by atoms with Crippen LogP contribution < -0.4 is 15.8 Å². The highest BCUT2D eigenvalue weighted by atomic mass is 16.5. The van der Waals surface area contributed by atoms with E-state index in [0.29, 0.717) is 11.4 Å². The number of rotatable bonds is 5. The number of aliphatic hydroxyl groups is 1. The molecule has 1 aliphatic rings. The second kappa shape index (κ2) is 4.22. The zero-order chi connectivity index (χ0) is 11.6. The fraction of sp³-hybridized carbons (Fsp3) is 0.500. The third-order valence-corrected chi connectivity index (χ3v) is 3.23. The molecule has 1 fully saturated rings. The molecular weight excluding hydrogens is 204 g/mol. The Hall–Kier alpha value is -1.42. The second-order valence-electron chi connectivity index (χ2n) is 4.43. The average Bonchev–Trinajstić information content (AvgIpc) is 3.08. The van der Waals surface area contributed by atoms with Crippen molar-refractivity contribution in [3.05, 3.63) is 18.2 Å². The average molecular weight is 222 g/mol. The first-order valence-corrected chi connectivity index (χ1v) is 5.48. The molecule has 0 bridgehead atoms. The van der Waals surface area contributed by atoms with E-state index >= 15 is 0 Å². The summed E-state index contributed by atoms with van der Waals surface area (Å²) >= 11 is 0.